The zero-order valence-corrected chi connectivity index (χ0v) is 26.3. The van der Waals surface area contributed by atoms with Gasteiger partial charge in [0.1, 0.15) is 29.9 Å². The number of ether oxygens (including phenoxy) is 4. The van der Waals surface area contributed by atoms with Crippen LogP contribution in [-0.4, -0.2) is 66.6 Å². The Morgan fingerprint density at radius 2 is 1.87 bits per heavy atom. The van der Waals surface area contributed by atoms with Gasteiger partial charge in [0.2, 0.25) is 0 Å². The van der Waals surface area contributed by atoms with Crippen molar-refractivity contribution in [2.45, 2.75) is 63.8 Å². The van der Waals surface area contributed by atoms with Gasteiger partial charge in [-0.2, -0.15) is 0 Å². The number of aromatic nitrogens is 1. The molecule has 0 spiro atoms. The molecule has 0 unspecified atom stereocenters. The molecule has 1 aromatic heterocycles. The maximum absolute atomic E-state index is 12.5. The molecule has 2 fully saturated rings. The number of carbonyl (C=O) groups is 3. The zero-order valence-electron chi connectivity index (χ0n) is 26.3. The van der Waals surface area contributed by atoms with Gasteiger partial charge in [-0.05, 0) is 93.6 Å². The molecule has 3 aliphatic rings. The van der Waals surface area contributed by atoms with Crippen LogP contribution in [0.5, 0.6) is 11.5 Å². The lowest BCUT2D eigenvalue weighted by Crippen LogP contribution is -2.44. The molecule has 12 heteroatoms. The van der Waals surface area contributed by atoms with Gasteiger partial charge < -0.3 is 34.9 Å². The van der Waals surface area contributed by atoms with E-state index in [0.29, 0.717) is 50.0 Å². The Kier molecular flexibility index (Phi) is 8.72. The number of benzene rings is 2. The Labute approximate surface area is 267 Å². The maximum Gasteiger partial charge on any atom is 0.415 e. The van der Waals surface area contributed by atoms with Crippen molar-refractivity contribution in [1.82, 2.24) is 15.6 Å². The Bertz CT molecular complexity index is 1620. The highest BCUT2D eigenvalue weighted by molar-refractivity contribution is 5.95. The summed E-state index contributed by atoms with van der Waals surface area (Å²) in [5.41, 5.74) is 2.29. The average Bonchev–Trinajstić information content (AvgIpc) is 3.68. The third kappa shape index (κ3) is 7.86. The van der Waals surface area contributed by atoms with Gasteiger partial charge in [0.25, 0.3) is 5.91 Å². The molecule has 0 bridgehead atoms. The lowest BCUT2D eigenvalue weighted by atomic mass is 10.0. The van der Waals surface area contributed by atoms with Crippen molar-refractivity contribution in [3.05, 3.63) is 66.2 Å². The number of hydrogen-bond acceptors (Lipinski definition) is 9. The van der Waals surface area contributed by atoms with Crippen molar-refractivity contribution in [1.29, 1.82) is 0 Å². The monoisotopic (exact) mass is 629 g/mol. The van der Waals surface area contributed by atoms with Crippen molar-refractivity contribution in [3.63, 3.8) is 0 Å². The number of anilines is 2. The molecule has 2 aromatic carbocycles. The Hall–Kier alpha value is -4.84. The molecule has 1 saturated carbocycles. The number of nitrogens with zero attached hydrogens (tertiary/aromatic N) is 2. The summed E-state index contributed by atoms with van der Waals surface area (Å²) < 4.78 is 22.4. The second kappa shape index (κ2) is 12.9. The van der Waals surface area contributed by atoms with Crippen LogP contribution in [0.3, 0.4) is 0 Å². The van der Waals surface area contributed by atoms with E-state index in [-0.39, 0.29) is 24.2 Å². The fraction of sp³-hybridized carbons (Fsp3) is 0.412. The van der Waals surface area contributed by atoms with Gasteiger partial charge >= 0.3 is 12.2 Å². The van der Waals surface area contributed by atoms with Crippen molar-refractivity contribution >= 4 is 29.7 Å². The molecule has 12 nitrogen and oxygen atoms in total. The van der Waals surface area contributed by atoms with Gasteiger partial charge in [-0.25, -0.2) is 14.6 Å². The molecule has 1 aliphatic carbocycles. The van der Waals surface area contributed by atoms with E-state index in [1.807, 2.05) is 51.1 Å². The molecule has 6 rings (SSSR count). The predicted octanol–water partition coefficient (Wildman–Crippen LogP) is 5.02. The minimum absolute atomic E-state index is 0.0557. The summed E-state index contributed by atoms with van der Waals surface area (Å²) in [6.07, 6.45) is 1.17. The molecule has 3 heterocycles. The average molecular weight is 630 g/mol. The third-order valence-electron chi connectivity index (χ3n) is 7.81. The molecule has 1 saturated heterocycles. The summed E-state index contributed by atoms with van der Waals surface area (Å²) in [7, 11) is 0. The standard InChI is InChI=1S/C34H39N5O7/c1-33(2,3)46-31(41)38-34(13-14-34)21-44-25-9-5-8-24(17-25)23-7-4-6-22(16-23)18-35-15-12-26-19-39(32(42)45-26)28-11-10-27-30(36-28)37-29(40)20-43-27/h4-11,16-17,26,35H,12-15,18-21H2,1-3H3,(H,38,41)(H,36,37,40)/t26-/m0/s1. The van der Waals surface area contributed by atoms with Gasteiger partial charge in [0.05, 0.1) is 12.1 Å². The van der Waals surface area contributed by atoms with Crippen LogP contribution in [0.25, 0.3) is 11.1 Å². The number of hydrogen-bond donors (Lipinski definition) is 3. The number of pyridine rings is 1. The van der Waals surface area contributed by atoms with Crippen molar-refractivity contribution < 1.29 is 33.3 Å². The van der Waals surface area contributed by atoms with Crippen LogP contribution in [0.15, 0.2) is 60.7 Å². The molecule has 2 aliphatic heterocycles. The summed E-state index contributed by atoms with van der Waals surface area (Å²) in [4.78, 5) is 42.3. The van der Waals surface area contributed by atoms with E-state index in [9.17, 15) is 14.4 Å². The second-order valence-electron chi connectivity index (χ2n) is 12.9. The molecule has 1 atom stereocenters. The van der Waals surface area contributed by atoms with E-state index < -0.39 is 17.8 Å². The molecule has 3 N–H and O–H groups in total. The normalized spacial score (nSPS) is 18.2. The summed E-state index contributed by atoms with van der Waals surface area (Å²) in [5, 5.41) is 9.08. The summed E-state index contributed by atoms with van der Waals surface area (Å²) in [5.74, 6) is 1.62. The summed E-state index contributed by atoms with van der Waals surface area (Å²) in [6, 6.07) is 19.6. The maximum atomic E-state index is 12.5. The fourth-order valence-corrected chi connectivity index (χ4v) is 5.28. The number of rotatable bonds is 11. The minimum Gasteiger partial charge on any atom is -0.491 e. The fourth-order valence-electron chi connectivity index (χ4n) is 5.28. The van der Waals surface area contributed by atoms with Gasteiger partial charge in [-0.3, -0.25) is 9.69 Å². The van der Waals surface area contributed by atoms with Gasteiger partial charge in [0.15, 0.2) is 18.2 Å². The van der Waals surface area contributed by atoms with Crippen molar-refractivity contribution in [2.75, 3.05) is 36.5 Å². The first kappa shape index (κ1) is 31.2. The molecule has 3 aromatic rings. The Morgan fingerprint density at radius 3 is 2.65 bits per heavy atom. The van der Waals surface area contributed by atoms with Crippen LogP contribution in [-0.2, 0) is 20.8 Å². The van der Waals surface area contributed by atoms with Crippen molar-refractivity contribution in [3.8, 4) is 22.6 Å². The SMILES string of the molecule is CC(C)(C)OC(=O)NC1(COc2cccc(-c3cccc(CNCC[C@H]4CN(c5ccc6c(n5)NC(=O)CO6)C(=O)O4)c3)c2)CC1. The van der Waals surface area contributed by atoms with Crippen LogP contribution >= 0.6 is 0 Å². The van der Waals surface area contributed by atoms with E-state index >= 15 is 0 Å². The third-order valence-corrected chi connectivity index (χ3v) is 7.81. The molecule has 46 heavy (non-hydrogen) atoms. The van der Waals surface area contributed by atoms with Gasteiger partial charge in [-0.15, -0.1) is 0 Å². The van der Waals surface area contributed by atoms with Crippen molar-refractivity contribution in [2.24, 2.45) is 0 Å². The minimum atomic E-state index is -0.549. The number of nitrogens with one attached hydrogen (secondary N) is 3. The molecule has 0 radical (unpaired) electrons. The quantitative estimate of drug-likeness (QED) is 0.250. The summed E-state index contributed by atoms with van der Waals surface area (Å²) >= 11 is 0. The Balaban J connectivity index is 0.972. The van der Waals surface area contributed by atoms with Crippen LogP contribution in [0.4, 0.5) is 21.2 Å². The topological polar surface area (TPSA) is 140 Å². The molecular weight excluding hydrogens is 590 g/mol. The highest BCUT2D eigenvalue weighted by atomic mass is 16.6. The molecule has 242 valence electrons. The highest BCUT2D eigenvalue weighted by Crippen LogP contribution is 2.37. The Morgan fingerprint density at radius 1 is 1.09 bits per heavy atom. The first-order valence-electron chi connectivity index (χ1n) is 15.5. The number of amides is 3. The van der Waals surface area contributed by atoms with Gasteiger partial charge in [-0.1, -0.05) is 30.3 Å². The van der Waals surface area contributed by atoms with Gasteiger partial charge in [0, 0.05) is 6.54 Å². The lowest BCUT2D eigenvalue weighted by Gasteiger charge is -2.23. The lowest BCUT2D eigenvalue weighted by molar-refractivity contribution is -0.118. The number of carbonyl (C=O) groups excluding carboxylic acids is 3. The van der Waals surface area contributed by atoms with E-state index in [4.69, 9.17) is 18.9 Å². The first-order valence-corrected chi connectivity index (χ1v) is 15.5. The first-order chi connectivity index (χ1) is 22.0. The molecule has 3 amide bonds. The number of fused-ring (bicyclic) bond motifs is 1. The smallest absolute Gasteiger partial charge is 0.415 e. The van der Waals surface area contributed by atoms with Crippen LogP contribution < -0.4 is 30.3 Å². The number of alkyl carbamates (subject to hydrolysis) is 1. The van der Waals surface area contributed by atoms with E-state index in [2.05, 4.69) is 39.1 Å². The van der Waals surface area contributed by atoms with E-state index in [1.165, 1.54) is 4.90 Å². The zero-order chi connectivity index (χ0) is 32.3. The van der Waals surface area contributed by atoms with Crippen LogP contribution in [0.1, 0.15) is 45.6 Å². The molecular formula is C34H39N5O7. The van der Waals surface area contributed by atoms with Crippen LogP contribution in [0.2, 0.25) is 0 Å². The van der Waals surface area contributed by atoms with E-state index in [0.717, 1.165) is 35.3 Å². The second-order valence-corrected chi connectivity index (χ2v) is 12.9. The number of cyclic esters (lactones) is 1. The predicted molar refractivity (Wildman–Crippen MR) is 171 cm³/mol. The highest BCUT2D eigenvalue weighted by Gasteiger charge is 2.46. The largest absolute Gasteiger partial charge is 0.491 e. The van der Waals surface area contributed by atoms with Crippen LogP contribution in [0, 0.1) is 0 Å². The summed E-state index contributed by atoms with van der Waals surface area (Å²) in [6.45, 7) is 7.53. The van der Waals surface area contributed by atoms with E-state index in [1.54, 1.807) is 12.1 Å².